The third-order valence-electron chi connectivity index (χ3n) is 4.69. The van der Waals surface area contributed by atoms with Crippen LogP contribution in [0.2, 0.25) is 0 Å². The van der Waals surface area contributed by atoms with Gasteiger partial charge in [0, 0.05) is 31.5 Å². The molecule has 1 aromatic heterocycles. The molecule has 25 heavy (non-hydrogen) atoms. The van der Waals surface area contributed by atoms with Crippen molar-refractivity contribution >= 4 is 6.03 Å². The zero-order valence-corrected chi connectivity index (χ0v) is 14.5. The summed E-state index contributed by atoms with van der Waals surface area (Å²) < 4.78 is 5.88. The number of hydrogen-bond donors (Lipinski definition) is 2. The minimum absolute atomic E-state index is 0.00671. The Kier molecular flexibility index (Phi) is 6.01. The van der Waals surface area contributed by atoms with Crippen LogP contribution < -0.4 is 10.6 Å². The molecule has 0 unspecified atom stereocenters. The molecule has 3 rings (SSSR count). The van der Waals surface area contributed by atoms with Crippen LogP contribution in [-0.4, -0.2) is 24.2 Å². The van der Waals surface area contributed by atoms with Crippen LogP contribution in [0, 0.1) is 5.92 Å². The van der Waals surface area contributed by atoms with E-state index < -0.39 is 0 Å². The van der Waals surface area contributed by atoms with E-state index in [0.717, 1.165) is 25.0 Å². The predicted octanol–water partition coefficient (Wildman–Crippen LogP) is 3.61. The van der Waals surface area contributed by atoms with Crippen molar-refractivity contribution in [1.82, 2.24) is 15.6 Å². The Balaban J connectivity index is 1.53. The van der Waals surface area contributed by atoms with Gasteiger partial charge < -0.3 is 15.4 Å². The van der Waals surface area contributed by atoms with Crippen molar-refractivity contribution in [3.05, 3.63) is 66.0 Å². The Labute approximate surface area is 148 Å². The minimum Gasteiger partial charge on any atom is -0.373 e. The van der Waals surface area contributed by atoms with Gasteiger partial charge in [0.25, 0.3) is 0 Å². The summed E-state index contributed by atoms with van der Waals surface area (Å²) in [6, 6.07) is 13.9. The van der Waals surface area contributed by atoms with E-state index in [1.807, 2.05) is 30.3 Å². The highest BCUT2D eigenvalue weighted by atomic mass is 16.5. The minimum atomic E-state index is -0.137. The van der Waals surface area contributed by atoms with Gasteiger partial charge in [0.1, 0.15) is 0 Å². The van der Waals surface area contributed by atoms with Crippen molar-refractivity contribution in [1.29, 1.82) is 0 Å². The van der Waals surface area contributed by atoms with Gasteiger partial charge in [-0.25, -0.2) is 4.79 Å². The van der Waals surface area contributed by atoms with Crippen molar-refractivity contribution in [2.75, 3.05) is 13.2 Å². The largest absolute Gasteiger partial charge is 0.373 e. The molecule has 1 aromatic carbocycles. The van der Waals surface area contributed by atoms with Gasteiger partial charge in [-0.1, -0.05) is 37.3 Å². The van der Waals surface area contributed by atoms with E-state index in [1.54, 1.807) is 12.4 Å². The fraction of sp³-hybridized carbons (Fsp3) is 0.400. The fourth-order valence-electron chi connectivity index (χ4n) is 3.30. The summed E-state index contributed by atoms with van der Waals surface area (Å²) >= 11 is 0. The van der Waals surface area contributed by atoms with Gasteiger partial charge in [-0.05, 0) is 36.1 Å². The lowest BCUT2D eigenvalue weighted by Crippen LogP contribution is -2.40. The van der Waals surface area contributed by atoms with E-state index in [4.69, 9.17) is 4.74 Å². The van der Waals surface area contributed by atoms with Crippen LogP contribution in [-0.2, 0) is 4.74 Å². The molecular formula is C20H25N3O2. The molecule has 0 saturated carbocycles. The first kappa shape index (κ1) is 17.4. The van der Waals surface area contributed by atoms with Crippen LogP contribution in [0.1, 0.15) is 43.0 Å². The van der Waals surface area contributed by atoms with Crippen LogP contribution in [0.15, 0.2) is 54.9 Å². The molecule has 0 radical (unpaired) electrons. The Hall–Kier alpha value is -2.40. The molecule has 0 bridgehead atoms. The maximum Gasteiger partial charge on any atom is 0.315 e. The molecule has 0 spiro atoms. The predicted molar refractivity (Wildman–Crippen MR) is 97.0 cm³/mol. The Bertz CT molecular complexity index is 663. The average Bonchev–Trinajstić information content (AvgIpc) is 3.14. The quantitative estimate of drug-likeness (QED) is 0.845. The standard InChI is InChI=1S/C20H25N3O2/c1-2-18(15-8-11-21-12-9-15)23-20(24)22-14-17-10-13-25-19(17)16-6-4-3-5-7-16/h3-9,11-12,17-19H,2,10,13-14H2,1H3,(H2,22,23,24)/t17-,18+,19+/m1/s1. The fourth-order valence-corrected chi connectivity index (χ4v) is 3.30. The lowest BCUT2D eigenvalue weighted by molar-refractivity contribution is 0.0909. The third kappa shape index (κ3) is 4.57. The van der Waals surface area contributed by atoms with Crippen molar-refractivity contribution in [3.8, 4) is 0 Å². The first-order chi connectivity index (χ1) is 12.3. The van der Waals surface area contributed by atoms with Gasteiger partial charge >= 0.3 is 6.03 Å². The van der Waals surface area contributed by atoms with Crippen LogP contribution in [0.4, 0.5) is 4.79 Å². The lowest BCUT2D eigenvalue weighted by atomic mass is 9.95. The monoisotopic (exact) mass is 339 g/mol. The maximum absolute atomic E-state index is 12.3. The average molecular weight is 339 g/mol. The molecule has 0 aliphatic carbocycles. The summed E-state index contributed by atoms with van der Waals surface area (Å²) in [4.78, 5) is 16.3. The molecule has 5 nitrogen and oxygen atoms in total. The molecule has 2 N–H and O–H groups in total. The molecule has 2 amide bonds. The van der Waals surface area contributed by atoms with Gasteiger partial charge in [0.2, 0.25) is 0 Å². The number of nitrogens with zero attached hydrogens (tertiary/aromatic N) is 1. The highest BCUT2D eigenvalue weighted by Crippen LogP contribution is 2.33. The number of pyridine rings is 1. The van der Waals surface area contributed by atoms with Crippen LogP contribution in [0.25, 0.3) is 0 Å². The summed E-state index contributed by atoms with van der Waals surface area (Å²) in [5, 5.41) is 6.06. The number of amides is 2. The molecule has 132 valence electrons. The van der Waals surface area contributed by atoms with Crippen molar-refractivity contribution in [3.63, 3.8) is 0 Å². The molecule has 1 saturated heterocycles. The van der Waals surface area contributed by atoms with Crippen molar-refractivity contribution < 1.29 is 9.53 Å². The number of aromatic nitrogens is 1. The van der Waals surface area contributed by atoms with Crippen LogP contribution in [0.5, 0.6) is 0 Å². The number of nitrogens with one attached hydrogen (secondary N) is 2. The van der Waals surface area contributed by atoms with E-state index >= 15 is 0 Å². The molecule has 1 aliphatic rings. The number of carbonyl (C=O) groups is 1. The van der Waals surface area contributed by atoms with Gasteiger partial charge in [-0.3, -0.25) is 4.98 Å². The molecule has 2 heterocycles. The normalized spacial score (nSPS) is 20.8. The van der Waals surface area contributed by atoms with Crippen molar-refractivity contribution in [2.24, 2.45) is 5.92 Å². The smallest absolute Gasteiger partial charge is 0.315 e. The van der Waals surface area contributed by atoms with E-state index in [0.29, 0.717) is 12.5 Å². The first-order valence-electron chi connectivity index (χ1n) is 8.88. The van der Waals surface area contributed by atoms with Gasteiger partial charge in [0.05, 0.1) is 12.1 Å². The Morgan fingerprint density at radius 1 is 1.24 bits per heavy atom. The second-order valence-corrected chi connectivity index (χ2v) is 6.35. The van der Waals surface area contributed by atoms with E-state index in [-0.39, 0.29) is 18.2 Å². The first-order valence-corrected chi connectivity index (χ1v) is 8.88. The zero-order valence-electron chi connectivity index (χ0n) is 14.5. The van der Waals surface area contributed by atoms with Crippen LogP contribution in [0.3, 0.4) is 0 Å². The number of benzene rings is 1. The molecule has 5 heteroatoms. The van der Waals surface area contributed by atoms with E-state index in [9.17, 15) is 4.79 Å². The second-order valence-electron chi connectivity index (χ2n) is 6.35. The Morgan fingerprint density at radius 3 is 2.72 bits per heavy atom. The highest BCUT2D eigenvalue weighted by Gasteiger charge is 2.29. The third-order valence-corrected chi connectivity index (χ3v) is 4.69. The molecule has 1 aliphatic heterocycles. The van der Waals surface area contributed by atoms with Gasteiger partial charge in [0.15, 0.2) is 0 Å². The maximum atomic E-state index is 12.3. The summed E-state index contributed by atoms with van der Waals surface area (Å²) in [5.74, 6) is 0.300. The number of hydrogen-bond acceptors (Lipinski definition) is 3. The van der Waals surface area contributed by atoms with Crippen molar-refractivity contribution in [2.45, 2.75) is 31.9 Å². The second kappa shape index (κ2) is 8.62. The van der Waals surface area contributed by atoms with E-state index in [2.05, 4.69) is 34.7 Å². The number of carbonyl (C=O) groups excluding carboxylic acids is 1. The molecule has 2 aromatic rings. The summed E-state index contributed by atoms with van der Waals surface area (Å²) in [7, 11) is 0. The molecule has 1 fully saturated rings. The Morgan fingerprint density at radius 2 is 2.00 bits per heavy atom. The lowest BCUT2D eigenvalue weighted by Gasteiger charge is -2.21. The SMILES string of the molecule is CC[C@H](NC(=O)NC[C@H]1CCO[C@H]1c1ccccc1)c1ccncc1. The number of ether oxygens (including phenoxy) is 1. The van der Waals surface area contributed by atoms with Gasteiger partial charge in [-0.2, -0.15) is 0 Å². The zero-order chi connectivity index (χ0) is 17.5. The summed E-state index contributed by atoms with van der Waals surface area (Å²) in [6.45, 7) is 3.40. The molecular weight excluding hydrogens is 314 g/mol. The topological polar surface area (TPSA) is 63.2 Å². The molecule has 3 atom stereocenters. The van der Waals surface area contributed by atoms with E-state index in [1.165, 1.54) is 5.56 Å². The van der Waals surface area contributed by atoms with Gasteiger partial charge in [-0.15, -0.1) is 0 Å². The summed E-state index contributed by atoms with van der Waals surface area (Å²) in [6.07, 6.45) is 5.34. The highest BCUT2D eigenvalue weighted by molar-refractivity contribution is 5.74. The van der Waals surface area contributed by atoms with Crippen LogP contribution >= 0.6 is 0 Å². The number of urea groups is 1. The summed E-state index contributed by atoms with van der Waals surface area (Å²) in [5.41, 5.74) is 2.24. The number of rotatable bonds is 6.